The predicted octanol–water partition coefficient (Wildman–Crippen LogP) is -3.31. The number of aliphatic hydroxyl groups is 1. The first-order valence-corrected chi connectivity index (χ1v) is 9.19. The normalized spacial score (nSPS) is 15.6. The number of hydrogen-bond acceptors (Lipinski definition) is 8. The van der Waals surface area contributed by atoms with Crippen molar-refractivity contribution < 1.29 is 39.3 Å². The molecule has 0 fully saturated rings. The number of H-pyrrole nitrogens is 1. The fourth-order valence-electron chi connectivity index (χ4n) is 2.36. The molecule has 14 nitrogen and oxygen atoms in total. The fraction of sp³-hybridized carbons (Fsp3) is 0.529. The summed E-state index contributed by atoms with van der Waals surface area (Å²) in [5.41, 5.74) is 5.88. The highest BCUT2D eigenvalue weighted by molar-refractivity contribution is 5.95. The van der Waals surface area contributed by atoms with Gasteiger partial charge in [-0.2, -0.15) is 0 Å². The number of carbonyl (C=O) groups is 5. The second-order valence-electron chi connectivity index (χ2n) is 6.84. The number of aromatic amines is 1. The van der Waals surface area contributed by atoms with Crippen molar-refractivity contribution in [2.45, 2.75) is 57.0 Å². The topological polar surface area (TPSA) is 237 Å². The van der Waals surface area contributed by atoms with Crippen molar-refractivity contribution in [2.24, 2.45) is 5.73 Å². The second kappa shape index (κ2) is 11.6. The van der Waals surface area contributed by atoms with E-state index in [4.69, 9.17) is 10.8 Å². The number of nitrogens with one attached hydrogen (secondary N) is 4. The minimum absolute atomic E-state index is 0.154. The predicted molar refractivity (Wildman–Crippen MR) is 103 cm³/mol. The SMILES string of the molecule is CC(NC(=O)C(N)C(C)O)C(=O)NC(CC(=O)O)C(=O)NC(Cc1cnc[nH]1)C(=O)O. The van der Waals surface area contributed by atoms with E-state index in [1.54, 1.807) is 0 Å². The molecule has 0 radical (unpaired) electrons. The number of nitrogens with zero attached hydrogens (tertiary/aromatic N) is 1. The molecule has 5 atom stereocenters. The first-order chi connectivity index (χ1) is 14.4. The third-order valence-electron chi connectivity index (χ3n) is 4.18. The Balaban J connectivity index is 2.82. The van der Waals surface area contributed by atoms with Gasteiger partial charge in [0.2, 0.25) is 17.7 Å². The summed E-state index contributed by atoms with van der Waals surface area (Å²) in [6, 6.07) is -5.55. The molecule has 0 spiro atoms. The molecule has 0 saturated carbocycles. The van der Waals surface area contributed by atoms with Crippen LogP contribution in [0.15, 0.2) is 12.5 Å². The average Bonchev–Trinajstić information content (AvgIpc) is 3.18. The minimum atomic E-state index is -1.61. The molecule has 9 N–H and O–H groups in total. The third kappa shape index (κ3) is 8.39. The quantitative estimate of drug-likeness (QED) is 0.160. The molecule has 1 aromatic heterocycles. The molecule has 1 heterocycles. The zero-order chi connectivity index (χ0) is 23.7. The molecule has 0 aliphatic rings. The Morgan fingerprint density at radius 1 is 1.03 bits per heavy atom. The highest BCUT2D eigenvalue weighted by Gasteiger charge is 2.31. The van der Waals surface area contributed by atoms with Gasteiger partial charge in [-0.3, -0.25) is 19.2 Å². The average molecular weight is 442 g/mol. The van der Waals surface area contributed by atoms with Crippen molar-refractivity contribution in [3.63, 3.8) is 0 Å². The molecule has 0 saturated heterocycles. The lowest BCUT2D eigenvalue weighted by Gasteiger charge is -2.23. The van der Waals surface area contributed by atoms with E-state index < -0.39 is 66.4 Å². The Morgan fingerprint density at radius 3 is 2.13 bits per heavy atom. The molecule has 0 bridgehead atoms. The van der Waals surface area contributed by atoms with Crippen LogP contribution >= 0.6 is 0 Å². The van der Waals surface area contributed by atoms with Crippen molar-refractivity contribution in [3.8, 4) is 0 Å². The summed E-state index contributed by atoms with van der Waals surface area (Å²) in [5.74, 6) is -5.58. The van der Waals surface area contributed by atoms with Crippen LogP contribution in [-0.2, 0) is 30.4 Å². The zero-order valence-corrected chi connectivity index (χ0v) is 16.9. The molecule has 3 amide bonds. The van der Waals surface area contributed by atoms with Crippen molar-refractivity contribution in [3.05, 3.63) is 18.2 Å². The first-order valence-electron chi connectivity index (χ1n) is 9.19. The molecular weight excluding hydrogens is 416 g/mol. The van der Waals surface area contributed by atoms with Crippen molar-refractivity contribution >= 4 is 29.7 Å². The number of imidazole rings is 1. The molecule has 14 heteroatoms. The zero-order valence-electron chi connectivity index (χ0n) is 16.9. The number of carboxylic acids is 2. The number of carbonyl (C=O) groups excluding carboxylic acids is 3. The van der Waals surface area contributed by atoms with Gasteiger partial charge in [0.25, 0.3) is 0 Å². The summed E-state index contributed by atoms with van der Waals surface area (Å²) >= 11 is 0. The number of nitrogens with two attached hydrogens (primary N) is 1. The number of amides is 3. The van der Waals surface area contributed by atoms with Gasteiger partial charge in [0, 0.05) is 18.3 Å². The maximum absolute atomic E-state index is 12.5. The Hall–Kier alpha value is -3.52. The van der Waals surface area contributed by atoms with Gasteiger partial charge in [-0.25, -0.2) is 9.78 Å². The number of aliphatic hydroxyl groups excluding tert-OH is 1. The molecule has 172 valence electrons. The van der Waals surface area contributed by atoms with Crippen LogP contribution in [0.2, 0.25) is 0 Å². The Kier molecular flexibility index (Phi) is 9.56. The van der Waals surface area contributed by atoms with Crippen molar-refractivity contribution in [1.29, 1.82) is 0 Å². The molecular formula is C17H26N6O8. The van der Waals surface area contributed by atoms with Crippen LogP contribution in [0.3, 0.4) is 0 Å². The summed E-state index contributed by atoms with van der Waals surface area (Å²) < 4.78 is 0. The number of hydrogen-bond donors (Lipinski definition) is 8. The molecule has 1 aromatic rings. The maximum atomic E-state index is 12.5. The van der Waals surface area contributed by atoms with Crippen LogP contribution in [0.4, 0.5) is 0 Å². The fourth-order valence-corrected chi connectivity index (χ4v) is 2.36. The van der Waals surface area contributed by atoms with E-state index in [1.807, 2.05) is 0 Å². The third-order valence-corrected chi connectivity index (χ3v) is 4.18. The summed E-state index contributed by atoms with van der Waals surface area (Å²) in [7, 11) is 0. The molecule has 5 unspecified atom stereocenters. The van der Waals surface area contributed by atoms with Gasteiger partial charge in [0.05, 0.1) is 18.9 Å². The summed E-state index contributed by atoms with van der Waals surface area (Å²) in [6.45, 7) is 2.54. The lowest BCUT2D eigenvalue weighted by Crippen LogP contribution is -2.57. The van der Waals surface area contributed by atoms with Gasteiger partial charge >= 0.3 is 11.9 Å². The van der Waals surface area contributed by atoms with Gasteiger partial charge in [-0.05, 0) is 13.8 Å². The highest BCUT2D eigenvalue weighted by Crippen LogP contribution is 2.02. The van der Waals surface area contributed by atoms with E-state index in [9.17, 15) is 34.2 Å². The summed E-state index contributed by atoms with van der Waals surface area (Å²) in [6.07, 6.45) is 0.521. The van der Waals surface area contributed by atoms with Crippen LogP contribution < -0.4 is 21.7 Å². The van der Waals surface area contributed by atoms with Gasteiger partial charge < -0.3 is 42.0 Å². The minimum Gasteiger partial charge on any atom is -0.481 e. The van der Waals surface area contributed by atoms with E-state index in [-0.39, 0.29) is 6.42 Å². The number of aromatic nitrogens is 2. The van der Waals surface area contributed by atoms with Gasteiger partial charge in [0.15, 0.2) is 0 Å². The van der Waals surface area contributed by atoms with Crippen LogP contribution in [-0.4, -0.2) is 85.2 Å². The van der Waals surface area contributed by atoms with E-state index in [0.29, 0.717) is 5.69 Å². The monoisotopic (exact) mass is 442 g/mol. The van der Waals surface area contributed by atoms with Crippen LogP contribution in [0.1, 0.15) is 26.0 Å². The van der Waals surface area contributed by atoms with Gasteiger partial charge in [-0.15, -0.1) is 0 Å². The first kappa shape index (κ1) is 25.5. The van der Waals surface area contributed by atoms with Crippen molar-refractivity contribution in [2.75, 3.05) is 0 Å². The standard InChI is InChI=1S/C17H26N6O8/c1-7(21-16(29)13(18)8(2)24)14(27)22-10(4-12(25)26)15(28)23-11(17(30)31)3-9-5-19-6-20-9/h5-8,10-11,13,24H,3-4,18H2,1-2H3,(H,19,20)(H,21,29)(H,22,27)(H,23,28)(H,25,26)(H,30,31). The Bertz CT molecular complexity index is 797. The van der Waals surface area contributed by atoms with Crippen LogP contribution in [0.25, 0.3) is 0 Å². The van der Waals surface area contributed by atoms with Gasteiger partial charge in [-0.1, -0.05) is 0 Å². The summed E-state index contributed by atoms with van der Waals surface area (Å²) in [5, 5.41) is 34.2. The molecule has 1 rings (SSSR count). The Morgan fingerprint density at radius 2 is 1.65 bits per heavy atom. The summed E-state index contributed by atoms with van der Waals surface area (Å²) in [4.78, 5) is 65.6. The van der Waals surface area contributed by atoms with Gasteiger partial charge in [0.1, 0.15) is 24.2 Å². The van der Waals surface area contributed by atoms with E-state index in [0.717, 1.165) is 0 Å². The van der Waals surface area contributed by atoms with Crippen molar-refractivity contribution in [1.82, 2.24) is 25.9 Å². The highest BCUT2D eigenvalue weighted by atomic mass is 16.4. The lowest BCUT2D eigenvalue weighted by molar-refractivity contribution is -0.143. The second-order valence-corrected chi connectivity index (χ2v) is 6.84. The number of carboxylic acid groups (broad SMARTS) is 2. The molecule has 0 aliphatic carbocycles. The van der Waals surface area contributed by atoms with E-state index in [2.05, 4.69) is 25.9 Å². The number of aliphatic carboxylic acids is 2. The van der Waals surface area contributed by atoms with Crippen LogP contribution in [0.5, 0.6) is 0 Å². The largest absolute Gasteiger partial charge is 0.481 e. The number of rotatable bonds is 12. The molecule has 0 aromatic carbocycles. The Labute approximate surface area is 176 Å². The van der Waals surface area contributed by atoms with Crippen LogP contribution in [0, 0.1) is 0 Å². The van der Waals surface area contributed by atoms with E-state index >= 15 is 0 Å². The smallest absolute Gasteiger partial charge is 0.326 e. The molecule has 31 heavy (non-hydrogen) atoms. The maximum Gasteiger partial charge on any atom is 0.326 e. The lowest BCUT2D eigenvalue weighted by atomic mass is 10.1. The van der Waals surface area contributed by atoms with E-state index in [1.165, 1.54) is 26.4 Å². The molecule has 0 aliphatic heterocycles.